The number of Topliss-reactive ketones (excluding diaryl/α,β-unsaturated/α-hetero) is 1. The number of nitrogens with zero attached hydrogens (tertiary/aromatic N) is 5. The lowest BCUT2D eigenvalue weighted by atomic mass is 10.2. The Morgan fingerprint density at radius 2 is 1.85 bits per heavy atom. The van der Waals surface area contributed by atoms with E-state index in [0.29, 0.717) is 10.7 Å². The maximum Gasteiger partial charge on any atom is 0.437 e. The predicted molar refractivity (Wildman–Crippen MR) is 121 cm³/mol. The lowest BCUT2D eigenvalue weighted by molar-refractivity contribution is -0.147. The number of anilines is 2. The van der Waals surface area contributed by atoms with Crippen molar-refractivity contribution >= 4 is 34.5 Å². The first-order chi connectivity index (χ1) is 15.9. The number of thiophene rings is 1. The van der Waals surface area contributed by atoms with E-state index in [1.807, 2.05) is 35.7 Å². The summed E-state index contributed by atoms with van der Waals surface area (Å²) in [4.78, 5) is 40.9. The second-order valence-corrected chi connectivity index (χ2v) is 8.07. The minimum atomic E-state index is -0.699. The van der Waals surface area contributed by atoms with Gasteiger partial charge in [0, 0.05) is 14.1 Å². The first-order valence-electron chi connectivity index (χ1n) is 9.92. The summed E-state index contributed by atoms with van der Waals surface area (Å²) in [6.07, 6.45) is -0.187. The number of hydrogen-bond acceptors (Lipinski definition) is 10. The smallest absolute Gasteiger partial charge is 0.437 e. The van der Waals surface area contributed by atoms with Gasteiger partial charge in [-0.3, -0.25) is 9.59 Å². The number of esters is 1. The summed E-state index contributed by atoms with van der Waals surface area (Å²) >= 11 is 1.37. The molecule has 3 aromatic rings. The fraction of sp³-hybridized carbons (Fsp3) is 0.227. The normalized spacial score (nSPS) is 12.5. The Hall–Kier alpha value is -4.17. The summed E-state index contributed by atoms with van der Waals surface area (Å²) in [6.45, 7) is -0.648. The summed E-state index contributed by atoms with van der Waals surface area (Å²) in [5, 5.41) is 15.5. The number of ketones is 1. The Kier molecular flexibility index (Phi) is 6.10. The molecular formula is C22H19N5O5S. The number of benzene rings is 1. The van der Waals surface area contributed by atoms with E-state index in [1.165, 1.54) is 11.3 Å². The monoisotopic (exact) mass is 465 g/mol. The predicted octanol–water partition coefficient (Wildman–Crippen LogP) is 2.39. The molecule has 11 heteroatoms. The number of para-hydroxylation sites is 2. The molecule has 0 fully saturated rings. The van der Waals surface area contributed by atoms with Crippen molar-refractivity contribution < 1.29 is 18.7 Å². The summed E-state index contributed by atoms with van der Waals surface area (Å²) in [5.74, 6) is -1.42. The van der Waals surface area contributed by atoms with Crippen LogP contribution < -0.4 is 15.6 Å². The number of nitriles is 1. The van der Waals surface area contributed by atoms with Crippen molar-refractivity contribution in [2.75, 3.05) is 30.5 Å². The molecule has 2 aromatic heterocycles. The Balaban J connectivity index is 1.38. The standard InChI is InChI=1S/C22H19N5O5S/c1-25-15-6-3-4-7-16(15)26(2)21(25)14(12-23)17(28)13-31-19(29)9-10-27-22(30)32-20(24-27)18-8-5-11-33-18/h3-8,11H,9-10,13H2,1-2H3. The highest BCUT2D eigenvalue weighted by atomic mass is 32.1. The molecule has 0 bridgehead atoms. The molecule has 0 radical (unpaired) electrons. The van der Waals surface area contributed by atoms with Crippen molar-refractivity contribution in [3.8, 4) is 16.8 Å². The fourth-order valence-corrected chi connectivity index (χ4v) is 4.14. The van der Waals surface area contributed by atoms with Crippen molar-refractivity contribution in [3.05, 3.63) is 63.7 Å². The number of rotatable bonds is 7. The Bertz CT molecular complexity index is 1300. The number of carbonyl (C=O) groups excluding carboxylic acids is 2. The lowest BCUT2D eigenvalue weighted by Gasteiger charge is -2.19. The molecule has 168 valence electrons. The molecule has 33 heavy (non-hydrogen) atoms. The average molecular weight is 465 g/mol. The van der Waals surface area contributed by atoms with Gasteiger partial charge in [-0.05, 0) is 23.6 Å². The van der Waals surface area contributed by atoms with E-state index >= 15 is 0 Å². The fourth-order valence-electron chi connectivity index (χ4n) is 3.49. The van der Waals surface area contributed by atoms with Crippen molar-refractivity contribution in [3.63, 3.8) is 0 Å². The molecule has 1 aromatic carbocycles. The number of ether oxygens (including phenoxy) is 1. The van der Waals surface area contributed by atoms with Crippen LogP contribution in [0.2, 0.25) is 0 Å². The van der Waals surface area contributed by atoms with Crippen LogP contribution in [-0.4, -0.2) is 42.2 Å². The first kappa shape index (κ1) is 22.0. The highest BCUT2D eigenvalue weighted by molar-refractivity contribution is 7.13. The molecule has 10 nitrogen and oxygen atoms in total. The van der Waals surface area contributed by atoms with E-state index in [-0.39, 0.29) is 24.4 Å². The van der Waals surface area contributed by atoms with E-state index in [0.717, 1.165) is 16.1 Å². The Morgan fingerprint density at radius 1 is 1.15 bits per heavy atom. The number of fused-ring (bicyclic) bond motifs is 1. The summed E-state index contributed by atoms with van der Waals surface area (Å²) in [5.41, 5.74) is 1.59. The molecule has 1 aliphatic heterocycles. The third kappa shape index (κ3) is 4.28. The molecule has 0 aliphatic carbocycles. The van der Waals surface area contributed by atoms with Gasteiger partial charge in [-0.25, -0.2) is 4.79 Å². The second-order valence-electron chi connectivity index (χ2n) is 7.12. The molecule has 0 atom stereocenters. The molecule has 0 spiro atoms. The van der Waals surface area contributed by atoms with Crippen LogP contribution in [0.3, 0.4) is 0 Å². The van der Waals surface area contributed by atoms with E-state index < -0.39 is 24.1 Å². The van der Waals surface area contributed by atoms with Crippen LogP contribution >= 0.6 is 11.3 Å². The zero-order valence-corrected chi connectivity index (χ0v) is 18.7. The van der Waals surface area contributed by atoms with Crippen LogP contribution in [0.4, 0.5) is 11.4 Å². The minimum Gasteiger partial charge on any atom is -0.457 e. The topological polar surface area (TPSA) is 122 Å². The summed E-state index contributed by atoms with van der Waals surface area (Å²) in [7, 11) is 3.52. The largest absolute Gasteiger partial charge is 0.457 e. The third-order valence-corrected chi connectivity index (χ3v) is 5.94. The minimum absolute atomic E-state index is 0.0618. The van der Waals surface area contributed by atoms with Crippen molar-refractivity contribution in [2.24, 2.45) is 0 Å². The van der Waals surface area contributed by atoms with Gasteiger partial charge in [-0.1, -0.05) is 18.2 Å². The third-order valence-electron chi connectivity index (χ3n) is 5.08. The van der Waals surface area contributed by atoms with E-state index in [1.54, 1.807) is 36.0 Å². The second kappa shape index (κ2) is 9.13. The highest BCUT2D eigenvalue weighted by Gasteiger charge is 2.31. The molecule has 0 amide bonds. The zero-order valence-electron chi connectivity index (χ0n) is 17.8. The highest BCUT2D eigenvalue weighted by Crippen LogP contribution is 2.40. The maximum atomic E-state index is 12.7. The van der Waals surface area contributed by atoms with Gasteiger partial charge in [0.15, 0.2) is 6.61 Å². The molecule has 1 aliphatic rings. The number of aryl methyl sites for hydroxylation is 1. The Labute approximate surface area is 192 Å². The first-order valence-corrected chi connectivity index (χ1v) is 10.8. The number of hydrogen-bond donors (Lipinski definition) is 0. The molecule has 0 unspecified atom stereocenters. The molecule has 0 N–H and O–H groups in total. The van der Waals surface area contributed by atoms with Crippen LogP contribution in [0.5, 0.6) is 0 Å². The van der Waals surface area contributed by atoms with Gasteiger partial charge in [0.05, 0.1) is 29.2 Å². The van der Waals surface area contributed by atoms with Crippen LogP contribution in [0.1, 0.15) is 6.42 Å². The van der Waals surface area contributed by atoms with Crippen LogP contribution in [0.25, 0.3) is 10.8 Å². The molecular weight excluding hydrogens is 446 g/mol. The van der Waals surface area contributed by atoms with Gasteiger partial charge >= 0.3 is 11.7 Å². The quantitative estimate of drug-likeness (QED) is 0.294. The van der Waals surface area contributed by atoms with Crippen molar-refractivity contribution in [1.82, 2.24) is 9.78 Å². The molecule has 0 saturated heterocycles. The average Bonchev–Trinajstić information content (AvgIpc) is 3.53. The SMILES string of the molecule is CN1C(=C(C#N)C(=O)COC(=O)CCn2nc(-c3cccs3)oc2=O)N(C)c2ccccc21. The van der Waals surface area contributed by atoms with E-state index in [4.69, 9.17) is 9.15 Å². The van der Waals surface area contributed by atoms with Gasteiger partial charge < -0.3 is 19.0 Å². The van der Waals surface area contributed by atoms with Crippen LogP contribution in [-0.2, 0) is 20.9 Å². The van der Waals surface area contributed by atoms with Gasteiger partial charge in [0.25, 0.3) is 5.89 Å². The van der Waals surface area contributed by atoms with Crippen LogP contribution in [0.15, 0.2) is 62.4 Å². The number of aromatic nitrogens is 2. The van der Waals surface area contributed by atoms with Gasteiger partial charge in [-0.15, -0.1) is 16.4 Å². The number of carbonyl (C=O) groups is 2. The summed E-state index contributed by atoms with van der Waals surface area (Å²) in [6, 6.07) is 13.0. The van der Waals surface area contributed by atoms with Gasteiger partial charge in [-0.2, -0.15) is 9.94 Å². The van der Waals surface area contributed by atoms with Gasteiger partial charge in [0.1, 0.15) is 17.5 Å². The molecule has 3 heterocycles. The van der Waals surface area contributed by atoms with Gasteiger partial charge in [0.2, 0.25) is 5.78 Å². The Morgan fingerprint density at radius 3 is 2.45 bits per heavy atom. The lowest BCUT2D eigenvalue weighted by Crippen LogP contribution is -2.28. The molecule has 0 saturated carbocycles. The summed E-state index contributed by atoms with van der Waals surface area (Å²) < 4.78 is 11.2. The molecule has 4 rings (SSSR count). The van der Waals surface area contributed by atoms with Crippen molar-refractivity contribution in [2.45, 2.75) is 13.0 Å². The maximum absolute atomic E-state index is 12.7. The zero-order chi connectivity index (χ0) is 23.5. The van der Waals surface area contributed by atoms with Crippen molar-refractivity contribution in [1.29, 1.82) is 5.26 Å². The van der Waals surface area contributed by atoms with E-state index in [2.05, 4.69) is 5.10 Å². The van der Waals surface area contributed by atoms with E-state index in [9.17, 15) is 19.6 Å². The van der Waals surface area contributed by atoms with Crippen LogP contribution in [0, 0.1) is 11.3 Å².